The number of aromatic amines is 2. The van der Waals surface area contributed by atoms with E-state index in [0.29, 0.717) is 16.7 Å². The van der Waals surface area contributed by atoms with Gasteiger partial charge in [0.25, 0.3) is 5.56 Å². The van der Waals surface area contributed by atoms with Crippen molar-refractivity contribution in [2.75, 3.05) is 37.4 Å². The van der Waals surface area contributed by atoms with E-state index >= 15 is 0 Å². The van der Waals surface area contributed by atoms with Crippen LogP contribution in [0.2, 0.25) is 0 Å². The molecule has 8 nitrogen and oxygen atoms in total. The number of piperidine rings is 1. The Morgan fingerprint density at radius 3 is 2.47 bits per heavy atom. The molecule has 226 valence electrons. The van der Waals surface area contributed by atoms with Crippen LogP contribution in [0.1, 0.15) is 37.1 Å². The van der Waals surface area contributed by atoms with Crippen molar-refractivity contribution in [2.45, 2.75) is 38.0 Å². The lowest BCUT2D eigenvalue weighted by Crippen LogP contribution is -2.42. The van der Waals surface area contributed by atoms with Gasteiger partial charge in [0.1, 0.15) is 11.4 Å². The van der Waals surface area contributed by atoms with Crippen LogP contribution in [0.5, 0.6) is 0 Å². The topological polar surface area (TPSA) is 92.9 Å². The van der Waals surface area contributed by atoms with Crippen LogP contribution in [0.3, 0.4) is 0 Å². The fourth-order valence-electron chi connectivity index (χ4n) is 5.80. The lowest BCUT2D eigenvalue weighted by Gasteiger charge is -2.37. The van der Waals surface area contributed by atoms with Crippen LogP contribution >= 0.6 is 13.5 Å². The summed E-state index contributed by atoms with van der Waals surface area (Å²) in [6, 6.07) is 15.2. The molecule has 4 heterocycles. The van der Waals surface area contributed by atoms with Gasteiger partial charge in [0, 0.05) is 24.7 Å². The van der Waals surface area contributed by atoms with E-state index in [-0.39, 0.29) is 48.2 Å². The molecular weight excluding hydrogens is 575 g/mol. The minimum Gasteiger partial charge on any atom is -0.376 e. The lowest BCUT2D eigenvalue weighted by atomic mass is 10.0. The Labute approximate surface area is 253 Å². The highest BCUT2D eigenvalue weighted by Gasteiger charge is 2.37. The van der Waals surface area contributed by atoms with Gasteiger partial charge in [-0.05, 0) is 70.2 Å². The maximum atomic E-state index is 14.4. The van der Waals surface area contributed by atoms with Gasteiger partial charge in [-0.15, -0.1) is 0 Å². The van der Waals surface area contributed by atoms with Crippen LogP contribution in [0, 0.1) is 0 Å². The minimum absolute atomic E-state index is 0. The van der Waals surface area contributed by atoms with E-state index in [9.17, 15) is 18.0 Å². The number of anilines is 2. The summed E-state index contributed by atoms with van der Waals surface area (Å²) in [7, 11) is 3.73. The first-order chi connectivity index (χ1) is 20.1. The maximum Gasteiger partial charge on any atom is 0.418 e. The third-order valence-electron chi connectivity index (χ3n) is 8.17. The molecule has 0 amide bonds. The molecule has 6 rings (SSSR count). The third-order valence-corrected chi connectivity index (χ3v) is 8.17. The van der Waals surface area contributed by atoms with E-state index in [1.807, 2.05) is 50.4 Å². The second-order valence-corrected chi connectivity index (χ2v) is 11.0. The van der Waals surface area contributed by atoms with Crippen molar-refractivity contribution in [1.82, 2.24) is 24.8 Å². The van der Waals surface area contributed by atoms with Crippen LogP contribution in [-0.4, -0.2) is 58.1 Å². The number of imidazole rings is 1. The number of alkyl halides is 3. The highest BCUT2D eigenvalue weighted by Crippen LogP contribution is 2.41. The highest BCUT2D eigenvalue weighted by atomic mass is 32.1. The molecule has 1 atom stereocenters. The first-order valence-electron chi connectivity index (χ1n) is 14.0. The molecule has 0 unspecified atom stereocenters. The molecule has 0 spiro atoms. The van der Waals surface area contributed by atoms with Crippen molar-refractivity contribution in [3.63, 3.8) is 0 Å². The maximum absolute atomic E-state index is 14.4. The van der Waals surface area contributed by atoms with E-state index in [4.69, 9.17) is 0 Å². The molecule has 0 aliphatic carbocycles. The third kappa shape index (κ3) is 5.94. The van der Waals surface area contributed by atoms with Crippen LogP contribution in [0.25, 0.3) is 33.3 Å². The standard InChI is InChI=1S/C31H32F3N7O.H2S/c1-18(22-9-6-7-13-35-22)36-28-20-8-4-5-10-23(20)39-30(42)27(28)29-37-24-16-21(31(32,33)34)26(17-25(24)38-29)41(3)19-11-14-40(2)15-12-19;/h4-10,13,16-19H,11-12,14-15H2,1-3H3,(H,37,38)(H2,36,39,42);1H2/t18-;/m0./s1. The Balaban J connectivity index is 0.00000368. The molecule has 2 aromatic carbocycles. The first kappa shape index (κ1) is 30.4. The lowest BCUT2D eigenvalue weighted by molar-refractivity contribution is -0.137. The Morgan fingerprint density at radius 2 is 1.77 bits per heavy atom. The molecule has 0 radical (unpaired) electrons. The molecule has 12 heteroatoms. The monoisotopic (exact) mass is 609 g/mol. The fraction of sp³-hybridized carbons (Fsp3) is 0.323. The molecule has 1 fully saturated rings. The summed E-state index contributed by atoms with van der Waals surface area (Å²) in [5, 5.41) is 4.18. The average molecular weight is 610 g/mol. The first-order valence-corrected chi connectivity index (χ1v) is 14.0. The SMILES string of the molecule is C[C@H](Nc1c(-c2nc3cc(N(C)C4CCN(C)CC4)c(C(F)(F)F)cc3[nH]2)c(=O)[nH]c2ccccc12)c1ccccn1.S. The number of pyridine rings is 2. The highest BCUT2D eigenvalue weighted by molar-refractivity contribution is 7.59. The van der Waals surface area contributed by atoms with Crippen LogP contribution in [0.15, 0.2) is 65.6 Å². The Morgan fingerprint density at radius 1 is 1.05 bits per heavy atom. The predicted molar refractivity (Wildman–Crippen MR) is 170 cm³/mol. The van der Waals surface area contributed by atoms with Crippen molar-refractivity contribution in [1.29, 1.82) is 0 Å². The smallest absolute Gasteiger partial charge is 0.376 e. The van der Waals surface area contributed by atoms with Gasteiger partial charge >= 0.3 is 6.18 Å². The van der Waals surface area contributed by atoms with Crippen molar-refractivity contribution in [2.24, 2.45) is 0 Å². The van der Waals surface area contributed by atoms with Gasteiger partial charge < -0.3 is 25.1 Å². The Kier molecular flexibility index (Phi) is 8.44. The number of hydrogen-bond donors (Lipinski definition) is 3. The van der Waals surface area contributed by atoms with Crippen molar-refractivity contribution >= 4 is 46.8 Å². The van der Waals surface area contributed by atoms with Crippen LogP contribution in [0.4, 0.5) is 24.5 Å². The predicted octanol–water partition coefficient (Wildman–Crippen LogP) is 6.30. The summed E-state index contributed by atoms with van der Waals surface area (Å²) in [5.41, 5.74) is 1.62. The van der Waals surface area contributed by atoms with Crippen molar-refractivity contribution < 1.29 is 13.2 Å². The molecule has 3 N–H and O–H groups in total. The van der Waals surface area contributed by atoms with Crippen molar-refractivity contribution in [3.05, 3.63) is 82.4 Å². The number of para-hydroxylation sites is 1. The Bertz CT molecular complexity index is 1800. The molecule has 1 aliphatic heterocycles. The molecule has 0 saturated carbocycles. The second kappa shape index (κ2) is 11.9. The van der Waals surface area contributed by atoms with E-state index < -0.39 is 17.3 Å². The van der Waals surface area contributed by atoms with Gasteiger partial charge in [-0.3, -0.25) is 9.78 Å². The van der Waals surface area contributed by atoms with Crippen LogP contribution < -0.4 is 15.8 Å². The minimum atomic E-state index is -4.57. The van der Waals surface area contributed by atoms with E-state index in [1.54, 1.807) is 24.2 Å². The number of rotatable bonds is 6. The zero-order valence-electron chi connectivity index (χ0n) is 24.1. The summed E-state index contributed by atoms with van der Waals surface area (Å²) in [4.78, 5) is 32.5. The summed E-state index contributed by atoms with van der Waals surface area (Å²) in [6.07, 6.45) is -1.34. The number of halogens is 3. The molecule has 1 aliphatic rings. The number of nitrogens with zero attached hydrogens (tertiary/aromatic N) is 4. The molecular formula is C31H34F3N7OS. The molecule has 0 bridgehead atoms. The number of fused-ring (bicyclic) bond motifs is 2. The average Bonchev–Trinajstić information content (AvgIpc) is 3.39. The van der Waals surface area contributed by atoms with E-state index in [1.165, 1.54) is 6.07 Å². The molecule has 43 heavy (non-hydrogen) atoms. The van der Waals surface area contributed by atoms with Gasteiger partial charge in [0.2, 0.25) is 0 Å². The number of benzene rings is 2. The van der Waals surface area contributed by atoms with Gasteiger partial charge in [0.05, 0.1) is 45.2 Å². The molecule has 1 saturated heterocycles. The number of hydrogen-bond acceptors (Lipinski definition) is 6. The number of aromatic nitrogens is 4. The summed E-state index contributed by atoms with van der Waals surface area (Å²) in [6.45, 7) is 3.58. The molecule has 3 aromatic heterocycles. The summed E-state index contributed by atoms with van der Waals surface area (Å²) < 4.78 is 43.1. The number of H-pyrrole nitrogens is 2. The summed E-state index contributed by atoms with van der Waals surface area (Å²) >= 11 is 0. The zero-order chi connectivity index (χ0) is 29.6. The largest absolute Gasteiger partial charge is 0.418 e. The zero-order valence-corrected chi connectivity index (χ0v) is 25.1. The van der Waals surface area contributed by atoms with Gasteiger partial charge in [-0.2, -0.15) is 26.7 Å². The van der Waals surface area contributed by atoms with E-state index in [0.717, 1.165) is 43.1 Å². The van der Waals surface area contributed by atoms with Crippen molar-refractivity contribution in [3.8, 4) is 11.4 Å². The van der Waals surface area contributed by atoms with Gasteiger partial charge in [0.15, 0.2) is 0 Å². The van der Waals surface area contributed by atoms with Gasteiger partial charge in [-0.1, -0.05) is 24.3 Å². The van der Waals surface area contributed by atoms with Gasteiger partial charge in [-0.25, -0.2) is 4.98 Å². The van der Waals surface area contributed by atoms with E-state index in [2.05, 4.69) is 30.2 Å². The second-order valence-electron chi connectivity index (χ2n) is 11.0. The van der Waals surface area contributed by atoms with Crippen LogP contribution in [-0.2, 0) is 6.18 Å². The normalized spacial score (nSPS) is 15.4. The number of likely N-dealkylation sites (tertiary alicyclic amines) is 1. The number of nitrogens with one attached hydrogen (secondary N) is 3. The quantitative estimate of drug-likeness (QED) is 0.209. The Hall–Kier alpha value is -4.03. The molecule has 5 aromatic rings. The fourth-order valence-corrected chi connectivity index (χ4v) is 5.80. The summed E-state index contributed by atoms with van der Waals surface area (Å²) in [5.74, 6) is 0.181.